The number of amides is 1. The van der Waals surface area contributed by atoms with Crippen LogP contribution in [0.15, 0.2) is 77.7 Å². The van der Waals surface area contributed by atoms with Crippen LogP contribution in [0, 0.1) is 12.7 Å². The fourth-order valence-corrected chi connectivity index (χ4v) is 4.36. The first kappa shape index (κ1) is 21.7. The van der Waals surface area contributed by atoms with Crippen molar-refractivity contribution in [3.05, 3.63) is 95.3 Å². The number of sulfonamides is 1. The van der Waals surface area contributed by atoms with E-state index in [1.54, 1.807) is 55.5 Å². The molecule has 0 aliphatic carbocycles. The molecule has 3 aromatic rings. The Morgan fingerprint density at radius 2 is 1.53 bits per heavy atom. The lowest BCUT2D eigenvalue weighted by atomic mass is 10.1. The van der Waals surface area contributed by atoms with Crippen LogP contribution in [0.25, 0.3) is 0 Å². The summed E-state index contributed by atoms with van der Waals surface area (Å²) >= 11 is 0. The van der Waals surface area contributed by atoms with Gasteiger partial charge in [-0.05, 0) is 61.0 Å². The molecule has 5 nitrogen and oxygen atoms in total. The highest BCUT2D eigenvalue weighted by Crippen LogP contribution is 2.19. The van der Waals surface area contributed by atoms with E-state index in [1.165, 1.54) is 28.6 Å². The van der Waals surface area contributed by atoms with E-state index in [9.17, 15) is 17.6 Å². The minimum atomic E-state index is -3.61. The number of aryl methyl sites for hydroxylation is 1. The molecule has 0 unspecified atom stereocenters. The number of anilines is 1. The fourth-order valence-electron chi connectivity index (χ4n) is 2.93. The largest absolute Gasteiger partial charge is 0.322 e. The lowest BCUT2D eigenvalue weighted by molar-refractivity contribution is 0.102. The fraction of sp³-hybridized carbons (Fsp3) is 0.174. The Hall–Kier alpha value is -3.03. The minimum Gasteiger partial charge on any atom is -0.322 e. The molecule has 1 N–H and O–H groups in total. The number of nitrogens with one attached hydrogen (secondary N) is 1. The first-order valence-electron chi connectivity index (χ1n) is 9.52. The standard InChI is InChI=1S/C23H23FN2O3S/c1-3-26(30(28,29)22-14-4-17(2)5-15-22)16-18-6-8-19(9-7-18)23(27)25-21-12-10-20(24)11-13-21/h4-15H,3,16H2,1-2H3,(H,25,27). The number of halogens is 1. The molecule has 1 amide bonds. The van der Waals surface area contributed by atoms with Gasteiger partial charge in [0.25, 0.3) is 5.91 Å². The molecule has 0 heterocycles. The smallest absolute Gasteiger partial charge is 0.255 e. The minimum absolute atomic E-state index is 0.201. The second-order valence-electron chi connectivity index (χ2n) is 6.90. The molecule has 0 radical (unpaired) electrons. The van der Waals surface area contributed by atoms with E-state index in [4.69, 9.17) is 0 Å². The van der Waals surface area contributed by atoms with Gasteiger partial charge in [0, 0.05) is 24.3 Å². The maximum Gasteiger partial charge on any atom is 0.255 e. The average Bonchev–Trinajstić information content (AvgIpc) is 2.74. The Kier molecular flexibility index (Phi) is 6.64. The van der Waals surface area contributed by atoms with Crippen LogP contribution in [0.5, 0.6) is 0 Å². The van der Waals surface area contributed by atoms with Crippen LogP contribution in [-0.4, -0.2) is 25.2 Å². The van der Waals surface area contributed by atoms with Crippen molar-refractivity contribution >= 4 is 21.6 Å². The van der Waals surface area contributed by atoms with Gasteiger partial charge in [-0.3, -0.25) is 4.79 Å². The van der Waals surface area contributed by atoms with Crippen molar-refractivity contribution in [3.8, 4) is 0 Å². The van der Waals surface area contributed by atoms with E-state index < -0.39 is 10.0 Å². The molecule has 0 aliphatic rings. The summed E-state index contributed by atoms with van der Waals surface area (Å²) in [5.41, 5.74) is 2.68. The zero-order valence-electron chi connectivity index (χ0n) is 16.8. The van der Waals surface area contributed by atoms with E-state index in [0.29, 0.717) is 17.8 Å². The SMILES string of the molecule is CCN(Cc1ccc(C(=O)Nc2ccc(F)cc2)cc1)S(=O)(=O)c1ccc(C)cc1. The lowest BCUT2D eigenvalue weighted by Crippen LogP contribution is -2.30. The van der Waals surface area contributed by atoms with Crippen molar-refractivity contribution in [2.24, 2.45) is 0 Å². The summed E-state index contributed by atoms with van der Waals surface area (Å²) in [6, 6.07) is 19.0. The molecule has 30 heavy (non-hydrogen) atoms. The van der Waals surface area contributed by atoms with Crippen molar-refractivity contribution in [2.75, 3.05) is 11.9 Å². The van der Waals surface area contributed by atoms with Gasteiger partial charge in [-0.2, -0.15) is 4.31 Å². The summed E-state index contributed by atoms with van der Waals surface area (Å²) in [4.78, 5) is 12.6. The highest BCUT2D eigenvalue weighted by Gasteiger charge is 2.23. The Morgan fingerprint density at radius 1 is 0.933 bits per heavy atom. The van der Waals surface area contributed by atoms with Gasteiger partial charge in [-0.15, -0.1) is 0 Å². The first-order chi connectivity index (χ1) is 14.3. The third kappa shape index (κ3) is 5.11. The molecule has 156 valence electrons. The van der Waals surface area contributed by atoms with Crippen molar-refractivity contribution in [3.63, 3.8) is 0 Å². The maximum atomic E-state index is 13.0. The van der Waals surface area contributed by atoms with E-state index >= 15 is 0 Å². The molecule has 3 aromatic carbocycles. The highest BCUT2D eigenvalue weighted by atomic mass is 32.2. The number of hydrogen-bond donors (Lipinski definition) is 1. The molecule has 0 saturated carbocycles. The summed E-state index contributed by atoms with van der Waals surface area (Å²) in [5, 5.41) is 2.70. The number of hydrogen-bond acceptors (Lipinski definition) is 3. The summed E-state index contributed by atoms with van der Waals surface area (Å²) < 4.78 is 40.2. The van der Waals surface area contributed by atoms with Gasteiger partial charge in [-0.25, -0.2) is 12.8 Å². The van der Waals surface area contributed by atoms with E-state index in [0.717, 1.165) is 11.1 Å². The number of benzene rings is 3. The van der Waals surface area contributed by atoms with Crippen molar-refractivity contribution in [1.29, 1.82) is 0 Å². The van der Waals surface area contributed by atoms with Gasteiger partial charge in [0.15, 0.2) is 0 Å². The zero-order valence-corrected chi connectivity index (χ0v) is 17.6. The number of carbonyl (C=O) groups excluding carboxylic acids is 1. The Labute approximate surface area is 176 Å². The molecule has 7 heteroatoms. The molecule has 3 rings (SSSR count). The van der Waals surface area contributed by atoms with Gasteiger partial charge in [0.2, 0.25) is 10.0 Å². The molecule has 0 aromatic heterocycles. The zero-order chi connectivity index (χ0) is 21.7. The topological polar surface area (TPSA) is 66.5 Å². The van der Waals surface area contributed by atoms with Crippen LogP contribution in [0.4, 0.5) is 10.1 Å². The van der Waals surface area contributed by atoms with Gasteiger partial charge < -0.3 is 5.32 Å². The first-order valence-corrected chi connectivity index (χ1v) is 11.0. The third-order valence-corrected chi connectivity index (χ3v) is 6.62. The van der Waals surface area contributed by atoms with Gasteiger partial charge in [0.05, 0.1) is 4.90 Å². The van der Waals surface area contributed by atoms with Crippen molar-refractivity contribution < 1.29 is 17.6 Å². The van der Waals surface area contributed by atoms with E-state index in [-0.39, 0.29) is 23.2 Å². The number of carbonyl (C=O) groups is 1. The summed E-state index contributed by atoms with van der Waals surface area (Å²) in [6.07, 6.45) is 0. The quantitative estimate of drug-likeness (QED) is 0.601. The molecule has 0 fully saturated rings. The van der Waals surface area contributed by atoms with Crippen molar-refractivity contribution in [2.45, 2.75) is 25.3 Å². The molecule has 0 saturated heterocycles. The predicted octanol–water partition coefficient (Wildman–Crippen LogP) is 4.60. The molecule has 0 atom stereocenters. The number of rotatable bonds is 7. The Morgan fingerprint density at radius 3 is 2.10 bits per heavy atom. The molecule has 0 spiro atoms. The van der Waals surface area contributed by atoms with Crippen LogP contribution in [0.1, 0.15) is 28.4 Å². The normalized spacial score (nSPS) is 11.5. The maximum absolute atomic E-state index is 13.0. The van der Waals surface area contributed by atoms with Crippen LogP contribution in [-0.2, 0) is 16.6 Å². The number of nitrogens with zero attached hydrogens (tertiary/aromatic N) is 1. The molecular formula is C23H23FN2O3S. The summed E-state index contributed by atoms with van der Waals surface area (Å²) in [6.45, 7) is 4.22. The second kappa shape index (κ2) is 9.19. The molecular weight excluding hydrogens is 403 g/mol. The summed E-state index contributed by atoms with van der Waals surface area (Å²) in [7, 11) is -3.61. The van der Waals surface area contributed by atoms with Crippen LogP contribution >= 0.6 is 0 Å². The van der Waals surface area contributed by atoms with E-state index in [2.05, 4.69) is 5.32 Å². The molecule has 0 aliphatic heterocycles. The van der Waals surface area contributed by atoms with Crippen molar-refractivity contribution in [1.82, 2.24) is 4.31 Å². The Bertz CT molecular complexity index is 1110. The van der Waals surface area contributed by atoms with Crippen LogP contribution in [0.2, 0.25) is 0 Å². The van der Waals surface area contributed by atoms with Gasteiger partial charge in [0.1, 0.15) is 5.82 Å². The lowest BCUT2D eigenvalue weighted by Gasteiger charge is -2.21. The van der Waals surface area contributed by atoms with Crippen LogP contribution < -0.4 is 5.32 Å². The van der Waals surface area contributed by atoms with E-state index in [1.807, 2.05) is 6.92 Å². The average molecular weight is 427 g/mol. The van der Waals surface area contributed by atoms with Gasteiger partial charge >= 0.3 is 0 Å². The summed E-state index contributed by atoms with van der Waals surface area (Å²) in [5.74, 6) is -0.703. The second-order valence-corrected chi connectivity index (χ2v) is 8.84. The third-order valence-electron chi connectivity index (χ3n) is 4.69. The predicted molar refractivity (Wildman–Crippen MR) is 115 cm³/mol. The Balaban J connectivity index is 1.71. The van der Waals surface area contributed by atoms with Crippen LogP contribution in [0.3, 0.4) is 0 Å². The monoisotopic (exact) mass is 426 g/mol. The highest BCUT2D eigenvalue weighted by molar-refractivity contribution is 7.89. The van der Waals surface area contributed by atoms with Gasteiger partial charge in [-0.1, -0.05) is 36.8 Å². The molecule has 0 bridgehead atoms.